The van der Waals surface area contributed by atoms with Crippen LogP contribution in [0.2, 0.25) is 0 Å². The summed E-state index contributed by atoms with van der Waals surface area (Å²) in [6, 6.07) is 11.7. The minimum atomic E-state index is -0.228. The summed E-state index contributed by atoms with van der Waals surface area (Å²) < 4.78 is 0. The van der Waals surface area contributed by atoms with Crippen LogP contribution in [-0.2, 0) is 4.79 Å². The largest absolute Gasteiger partial charge is 0.324 e. The van der Waals surface area contributed by atoms with Gasteiger partial charge in [-0.2, -0.15) is 0 Å². The summed E-state index contributed by atoms with van der Waals surface area (Å²) in [5, 5.41) is 7.17. The lowest BCUT2D eigenvalue weighted by molar-refractivity contribution is -0.117. The van der Waals surface area contributed by atoms with E-state index in [-0.39, 0.29) is 11.9 Å². The van der Waals surface area contributed by atoms with Crippen LogP contribution >= 0.6 is 11.8 Å². The van der Waals surface area contributed by atoms with Crippen molar-refractivity contribution < 1.29 is 4.79 Å². The number of benzene rings is 1. The molecule has 3 rings (SSSR count). The molecule has 1 amide bonds. The molecule has 2 N–H and O–H groups in total. The van der Waals surface area contributed by atoms with Crippen LogP contribution in [0, 0.1) is 0 Å². The monoisotopic (exact) mass is 299 g/mol. The van der Waals surface area contributed by atoms with Crippen molar-refractivity contribution >= 4 is 23.4 Å². The Kier molecular flexibility index (Phi) is 4.22. The molecule has 4 nitrogen and oxygen atoms in total. The number of rotatable bonds is 5. The van der Waals surface area contributed by atoms with Gasteiger partial charge < -0.3 is 10.6 Å². The van der Waals surface area contributed by atoms with E-state index in [2.05, 4.69) is 22.5 Å². The fraction of sp³-hybridized carbons (Fsp3) is 0.250. The van der Waals surface area contributed by atoms with Crippen molar-refractivity contribution in [2.24, 2.45) is 0 Å². The van der Waals surface area contributed by atoms with E-state index in [0.717, 1.165) is 34.1 Å². The molecule has 1 aromatic carbocycles. The molecule has 0 spiro atoms. The third kappa shape index (κ3) is 3.09. The van der Waals surface area contributed by atoms with Gasteiger partial charge in [0.1, 0.15) is 11.1 Å². The molecule has 0 fully saturated rings. The molecule has 0 saturated heterocycles. The first-order chi connectivity index (χ1) is 10.3. The Bertz CT molecular complexity index is 645. The minimum Gasteiger partial charge on any atom is -0.324 e. The number of hydrogen-bond acceptors (Lipinski definition) is 4. The van der Waals surface area contributed by atoms with Crippen molar-refractivity contribution in [3.63, 3.8) is 0 Å². The molecule has 5 heteroatoms. The number of hydrogen-bond donors (Lipinski definition) is 2. The fourth-order valence-corrected chi connectivity index (χ4v) is 3.14. The number of nitrogens with one attached hydrogen (secondary N) is 2. The Morgan fingerprint density at radius 3 is 3.00 bits per heavy atom. The van der Waals surface area contributed by atoms with Crippen molar-refractivity contribution in [3.05, 3.63) is 48.2 Å². The van der Waals surface area contributed by atoms with Gasteiger partial charge in [-0.3, -0.25) is 4.79 Å². The van der Waals surface area contributed by atoms with Crippen LogP contribution in [0.25, 0.3) is 0 Å². The van der Waals surface area contributed by atoms with E-state index in [0.29, 0.717) is 0 Å². The average molecular weight is 299 g/mol. The highest BCUT2D eigenvalue weighted by Gasteiger charge is 2.29. The van der Waals surface area contributed by atoms with Crippen molar-refractivity contribution in [1.82, 2.24) is 10.3 Å². The molecule has 1 unspecified atom stereocenters. The summed E-state index contributed by atoms with van der Waals surface area (Å²) in [7, 11) is 0. The number of nitrogens with zero attached hydrogens (tertiary/aromatic N) is 1. The van der Waals surface area contributed by atoms with Crippen molar-refractivity contribution in [2.75, 3.05) is 11.9 Å². The molecule has 0 saturated carbocycles. The van der Waals surface area contributed by atoms with Gasteiger partial charge in [-0.25, -0.2) is 4.98 Å². The average Bonchev–Trinajstić information content (AvgIpc) is 2.81. The molecule has 0 aliphatic carbocycles. The van der Waals surface area contributed by atoms with Gasteiger partial charge in [-0.1, -0.05) is 30.8 Å². The van der Waals surface area contributed by atoms with Crippen molar-refractivity contribution in [3.8, 4) is 0 Å². The second-order valence-corrected chi connectivity index (χ2v) is 5.99. The van der Waals surface area contributed by atoms with Crippen LogP contribution in [0.3, 0.4) is 0 Å². The van der Waals surface area contributed by atoms with E-state index in [1.165, 1.54) is 0 Å². The zero-order chi connectivity index (χ0) is 14.7. The number of amides is 1. The number of anilines is 1. The predicted octanol–water partition coefficient (Wildman–Crippen LogP) is 3.23. The van der Waals surface area contributed by atoms with Gasteiger partial charge in [0.2, 0.25) is 5.91 Å². The predicted molar refractivity (Wildman–Crippen MR) is 84.5 cm³/mol. The second kappa shape index (κ2) is 6.28. The number of pyridine rings is 1. The fourth-order valence-electron chi connectivity index (χ4n) is 2.32. The lowest BCUT2D eigenvalue weighted by Crippen LogP contribution is -2.27. The first kappa shape index (κ1) is 14.1. The first-order valence-electron chi connectivity index (χ1n) is 7.05. The molecule has 1 aliphatic heterocycles. The first-order valence-corrected chi connectivity index (χ1v) is 7.86. The highest BCUT2D eigenvalue weighted by molar-refractivity contribution is 7.99. The third-order valence-electron chi connectivity index (χ3n) is 3.31. The van der Waals surface area contributed by atoms with E-state index in [9.17, 15) is 4.79 Å². The summed E-state index contributed by atoms with van der Waals surface area (Å²) in [6.07, 6.45) is 2.79. The molecule has 1 aromatic heterocycles. The van der Waals surface area contributed by atoms with Crippen LogP contribution < -0.4 is 10.6 Å². The molecule has 0 radical (unpaired) electrons. The quantitative estimate of drug-likeness (QED) is 0.890. The molecule has 108 valence electrons. The number of carbonyl (C=O) groups is 1. The maximum atomic E-state index is 12.0. The number of carbonyl (C=O) groups excluding carboxylic acids is 1. The Hall–Kier alpha value is -1.85. The SMILES string of the molecule is CCCNC1C(=O)Nc2cc(Sc3ccccn3)ccc21. The van der Waals surface area contributed by atoms with Crippen molar-refractivity contribution in [1.29, 1.82) is 0 Å². The lowest BCUT2D eigenvalue weighted by Gasteiger charge is -2.10. The van der Waals surface area contributed by atoms with Gasteiger partial charge in [0.15, 0.2) is 0 Å². The molecule has 1 aliphatic rings. The lowest BCUT2D eigenvalue weighted by atomic mass is 10.1. The Morgan fingerprint density at radius 1 is 1.33 bits per heavy atom. The van der Waals surface area contributed by atoms with Crippen LogP contribution in [0.4, 0.5) is 5.69 Å². The second-order valence-electron chi connectivity index (χ2n) is 4.90. The number of aromatic nitrogens is 1. The van der Waals surface area contributed by atoms with Crippen LogP contribution in [0.1, 0.15) is 24.9 Å². The summed E-state index contributed by atoms with van der Waals surface area (Å²) in [6.45, 7) is 2.93. The normalized spacial score (nSPS) is 16.6. The maximum Gasteiger partial charge on any atom is 0.246 e. The van der Waals surface area contributed by atoms with Crippen LogP contribution in [0.5, 0.6) is 0 Å². The highest BCUT2D eigenvalue weighted by atomic mass is 32.2. The molecule has 2 heterocycles. The molecule has 1 atom stereocenters. The van der Waals surface area contributed by atoms with Gasteiger partial charge in [-0.05, 0) is 37.2 Å². The van der Waals surface area contributed by atoms with E-state index < -0.39 is 0 Å². The van der Waals surface area contributed by atoms with E-state index in [1.807, 2.05) is 36.4 Å². The Labute approximate surface area is 128 Å². The van der Waals surface area contributed by atoms with Crippen LogP contribution in [-0.4, -0.2) is 17.4 Å². The smallest absolute Gasteiger partial charge is 0.246 e. The van der Waals surface area contributed by atoms with Crippen molar-refractivity contribution in [2.45, 2.75) is 29.3 Å². The standard InChI is InChI=1S/C16H17N3OS/c1-2-8-18-15-12-7-6-11(10-13(12)19-16(15)20)21-14-5-3-4-9-17-14/h3-7,9-10,15,18H,2,8H2,1H3,(H,19,20). The number of fused-ring (bicyclic) bond motifs is 1. The zero-order valence-electron chi connectivity index (χ0n) is 11.8. The topological polar surface area (TPSA) is 54.0 Å². The summed E-state index contributed by atoms with van der Waals surface area (Å²) in [5.74, 6) is 0.0263. The van der Waals surface area contributed by atoms with Gasteiger partial charge in [0, 0.05) is 22.3 Å². The Morgan fingerprint density at radius 2 is 2.24 bits per heavy atom. The molecule has 2 aromatic rings. The van der Waals surface area contributed by atoms with Gasteiger partial charge >= 0.3 is 0 Å². The molecular weight excluding hydrogens is 282 g/mol. The van der Waals surface area contributed by atoms with Gasteiger partial charge in [0.05, 0.1) is 0 Å². The molecular formula is C16H17N3OS. The Balaban J connectivity index is 1.80. The van der Waals surface area contributed by atoms with Gasteiger partial charge in [0.25, 0.3) is 0 Å². The minimum absolute atomic E-state index is 0.0263. The summed E-state index contributed by atoms with van der Waals surface area (Å²) >= 11 is 1.59. The van der Waals surface area contributed by atoms with Crippen LogP contribution in [0.15, 0.2) is 52.5 Å². The highest BCUT2D eigenvalue weighted by Crippen LogP contribution is 2.35. The van der Waals surface area contributed by atoms with E-state index in [1.54, 1.807) is 18.0 Å². The third-order valence-corrected chi connectivity index (χ3v) is 4.25. The van der Waals surface area contributed by atoms with Gasteiger partial charge in [-0.15, -0.1) is 0 Å². The summed E-state index contributed by atoms with van der Waals surface area (Å²) in [4.78, 5) is 17.4. The molecule has 21 heavy (non-hydrogen) atoms. The maximum absolute atomic E-state index is 12.0. The molecule has 0 bridgehead atoms. The van der Waals surface area contributed by atoms with E-state index >= 15 is 0 Å². The summed E-state index contributed by atoms with van der Waals surface area (Å²) in [5.41, 5.74) is 1.92. The van der Waals surface area contributed by atoms with E-state index in [4.69, 9.17) is 0 Å². The zero-order valence-corrected chi connectivity index (χ0v) is 12.6.